The lowest BCUT2D eigenvalue weighted by Gasteiger charge is -2.10. The molecule has 28 heavy (non-hydrogen) atoms. The van der Waals surface area contributed by atoms with E-state index in [2.05, 4.69) is 36.1 Å². The zero-order chi connectivity index (χ0) is 19.3. The third-order valence-electron chi connectivity index (χ3n) is 3.89. The molecule has 138 valence electrons. The Morgan fingerprint density at radius 2 is 1.79 bits per heavy atom. The van der Waals surface area contributed by atoms with Crippen molar-refractivity contribution in [3.63, 3.8) is 0 Å². The number of nitrogens with zero attached hydrogens (tertiary/aromatic N) is 4. The molecule has 4 aromatic rings. The van der Waals surface area contributed by atoms with E-state index in [1.165, 1.54) is 6.92 Å². The van der Waals surface area contributed by atoms with Gasteiger partial charge < -0.3 is 16.0 Å². The Balaban J connectivity index is 1.56. The van der Waals surface area contributed by atoms with Gasteiger partial charge in [0.1, 0.15) is 0 Å². The molecule has 2 aromatic carbocycles. The number of rotatable bonds is 5. The first-order valence-electron chi connectivity index (χ1n) is 8.62. The second-order valence-corrected chi connectivity index (χ2v) is 6.06. The molecule has 1 amide bonds. The van der Waals surface area contributed by atoms with Crippen molar-refractivity contribution in [3.05, 3.63) is 67.0 Å². The third-order valence-corrected chi connectivity index (χ3v) is 3.89. The van der Waals surface area contributed by atoms with Crippen molar-refractivity contribution in [1.82, 2.24) is 20.2 Å². The van der Waals surface area contributed by atoms with Gasteiger partial charge in [0.2, 0.25) is 11.9 Å². The third kappa shape index (κ3) is 4.01. The number of hydrogen-bond donors (Lipinski definition) is 3. The van der Waals surface area contributed by atoms with Crippen LogP contribution in [0, 0.1) is 0 Å². The molecule has 8 heteroatoms. The van der Waals surface area contributed by atoms with Gasteiger partial charge in [-0.1, -0.05) is 24.3 Å². The number of pyridine rings is 1. The Morgan fingerprint density at radius 3 is 2.68 bits per heavy atom. The molecule has 0 unspecified atom stereocenters. The van der Waals surface area contributed by atoms with E-state index in [1.54, 1.807) is 24.5 Å². The molecular weight excluding hydrogens is 354 g/mol. The molecule has 0 radical (unpaired) electrons. The van der Waals surface area contributed by atoms with E-state index in [4.69, 9.17) is 0 Å². The van der Waals surface area contributed by atoms with E-state index in [0.29, 0.717) is 17.5 Å². The maximum absolute atomic E-state index is 11.2. The summed E-state index contributed by atoms with van der Waals surface area (Å²) in [5.41, 5.74) is 3.09. The minimum Gasteiger partial charge on any atom is -0.337 e. The molecule has 0 saturated carbocycles. The van der Waals surface area contributed by atoms with Crippen molar-refractivity contribution in [2.45, 2.75) is 6.92 Å². The number of carbonyl (C=O) groups is 1. The fourth-order valence-electron chi connectivity index (χ4n) is 2.77. The molecule has 0 atom stereocenters. The van der Waals surface area contributed by atoms with Gasteiger partial charge in [-0.05, 0) is 30.3 Å². The topological polar surface area (TPSA) is 105 Å². The van der Waals surface area contributed by atoms with Gasteiger partial charge in [-0.2, -0.15) is 10.1 Å². The number of para-hydroxylation sites is 1. The molecule has 2 aromatic heterocycles. The molecule has 0 aliphatic carbocycles. The van der Waals surface area contributed by atoms with Crippen LogP contribution in [0.1, 0.15) is 6.92 Å². The van der Waals surface area contributed by atoms with Crippen LogP contribution in [0.15, 0.2) is 67.0 Å². The number of carbonyl (C=O) groups excluding carboxylic acids is 1. The van der Waals surface area contributed by atoms with E-state index in [-0.39, 0.29) is 5.91 Å². The summed E-state index contributed by atoms with van der Waals surface area (Å²) in [7, 11) is 0. The van der Waals surface area contributed by atoms with Crippen LogP contribution < -0.4 is 16.0 Å². The predicted octanol–water partition coefficient (Wildman–Crippen LogP) is 3.87. The van der Waals surface area contributed by atoms with Crippen LogP contribution in [-0.2, 0) is 4.79 Å². The maximum Gasteiger partial charge on any atom is 0.249 e. The number of amides is 1. The van der Waals surface area contributed by atoms with E-state index >= 15 is 0 Å². The normalized spacial score (nSPS) is 10.5. The second kappa shape index (κ2) is 7.67. The van der Waals surface area contributed by atoms with Crippen LogP contribution in [0.5, 0.6) is 0 Å². The lowest BCUT2D eigenvalue weighted by Crippen LogP contribution is -2.06. The summed E-state index contributed by atoms with van der Waals surface area (Å²) in [6.07, 6.45) is 3.29. The number of aromatic nitrogens is 4. The molecule has 3 N–H and O–H groups in total. The highest BCUT2D eigenvalue weighted by atomic mass is 16.1. The van der Waals surface area contributed by atoms with Crippen LogP contribution >= 0.6 is 0 Å². The summed E-state index contributed by atoms with van der Waals surface area (Å²) in [6.45, 7) is 1.46. The Labute approximate surface area is 161 Å². The highest BCUT2D eigenvalue weighted by Gasteiger charge is 2.06. The van der Waals surface area contributed by atoms with E-state index in [1.807, 2.05) is 42.5 Å². The fourth-order valence-corrected chi connectivity index (χ4v) is 2.77. The molecule has 0 fully saturated rings. The number of hydrogen-bond acceptors (Lipinski definition) is 7. The van der Waals surface area contributed by atoms with Crippen molar-refractivity contribution >= 4 is 45.6 Å². The van der Waals surface area contributed by atoms with Gasteiger partial charge in [-0.15, -0.1) is 5.10 Å². The standard InChI is InChI=1S/C20H17N7O/c1-13(28)23-15-7-3-8-16(11-15)24-20-26-18(12-22-27-20)25-17-9-2-5-14-6-4-10-21-19(14)17/h2-12H,1H3,(H,23,28)(H2,24,25,26,27). The van der Waals surface area contributed by atoms with Crippen LogP contribution in [-0.4, -0.2) is 26.1 Å². The lowest BCUT2D eigenvalue weighted by molar-refractivity contribution is -0.114. The monoisotopic (exact) mass is 371 g/mol. The molecule has 0 saturated heterocycles. The second-order valence-electron chi connectivity index (χ2n) is 6.06. The van der Waals surface area contributed by atoms with Gasteiger partial charge in [0, 0.05) is 29.9 Å². The van der Waals surface area contributed by atoms with Gasteiger partial charge in [0.25, 0.3) is 0 Å². The van der Waals surface area contributed by atoms with E-state index < -0.39 is 0 Å². The summed E-state index contributed by atoms with van der Waals surface area (Å²) >= 11 is 0. The van der Waals surface area contributed by atoms with Crippen LogP contribution in [0.4, 0.5) is 28.8 Å². The largest absolute Gasteiger partial charge is 0.337 e. The van der Waals surface area contributed by atoms with Crippen molar-refractivity contribution in [3.8, 4) is 0 Å². The number of anilines is 5. The summed E-state index contributed by atoms with van der Waals surface area (Å²) in [5.74, 6) is 0.733. The molecule has 2 heterocycles. The molecule has 0 aliphatic rings. The Morgan fingerprint density at radius 1 is 0.964 bits per heavy atom. The fraction of sp³-hybridized carbons (Fsp3) is 0.0500. The predicted molar refractivity (Wildman–Crippen MR) is 109 cm³/mol. The average Bonchev–Trinajstić information content (AvgIpc) is 2.68. The molecule has 0 bridgehead atoms. The molecular formula is C20H17N7O. The van der Waals surface area contributed by atoms with Gasteiger partial charge in [-0.3, -0.25) is 9.78 Å². The number of benzene rings is 2. The van der Waals surface area contributed by atoms with E-state index in [9.17, 15) is 4.79 Å². The first-order valence-corrected chi connectivity index (χ1v) is 8.62. The first-order chi connectivity index (χ1) is 13.7. The molecule has 0 aliphatic heterocycles. The van der Waals surface area contributed by atoms with Crippen molar-refractivity contribution in [2.24, 2.45) is 0 Å². The molecule has 0 spiro atoms. The van der Waals surface area contributed by atoms with Gasteiger partial charge in [0.15, 0.2) is 5.82 Å². The number of nitrogens with one attached hydrogen (secondary N) is 3. The minimum absolute atomic E-state index is 0.134. The molecule has 8 nitrogen and oxygen atoms in total. The van der Waals surface area contributed by atoms with Crippen molar-refractivity contribution in [1.29, 1.82) is 0 Å². The van der Waals surface area contributed by atoms with Crippen LogP contribution in [0.25, 0.3) is 10.9 Å². The van der Waals surface area contributed by atoms with Crippen LogP contribution in [0.3, 0.4) is 0 Å². The van der Waals surface area contributed by atoms with Gasteiger partial charge >= 0.3 is 0 Å². The summed E-state index contributed by atoms with van der Waals surface area (Å²) in [4.78, 5) is 20.1. The lowest BCUT2D eigenvalue weighted by atomic mass is 10.2. The SMILES string of the molecule is CC(=O)Nc1cccc(Nc2nncc(Nc3cccc4cccnc34)n2)c1. The summed E-state index contributed by atoms with van der Waals surface area (Å²) in [6, 6.07) is 17.1. The van der Waals surface area contributed by atoms with Gasteiger partial charge in [0.05, 0.1) is 17.4 Å². The summed E-state index contributed by atoms with van der Waals surface area (Å²) < 4.78 is 0. The average molecular weight is 371 g/mol. The Bertz CT molecular complexity index is 1140. The van der Waals surface area contributed by atoms with Gasteiger partial charge in [-0.25, -0.2) is 0 Å². The smallest absolute Gasteiger partial charge is 0.249 e. The van der Waals surface area contributed by atoms with Crippen LogP contribution in [0.2, 0.25) is 0 Å². The number of fused-ring (bicyclic) bond motifs is 1. The quantitative estimate of drug-likeness (QED) is 0.489. The Hall–Kier alpha value is -4.07. The first kappa shape index (κ1) is 17.3. The highest BCUT2D eigenvalue weighted by molar-refractivity contribution is 5.91. The zero-order valence-corrected chi connectivity index (χ0v) is 15.0. The molecule has 4 rings (SSSR count). The summed E-state index contributed by atoms with van der Waals surface area (Å²) in [5, 5.41) is 18.1. The van der Waals surface area contributed by atoms with Crippen molar-refractivity contribution < 1.29 is 4.79 Å². The van der Waals surface area contributed by atoms with Crippen molar-refractivity contribution in [2.75, 3.05) is 16.0 Å². The minimum atomic E-state index is -0.134. The highest BCUT2D eigenvalue weighted by Crippen LogP contribution is 2.24. The Kier molecular flexibility index (Phi) is 4.75. The zero-order valence-electron chi connectivity index (χ0n) is 15.0. The maximum atomic E-state index is 11.2. The van der Waals surface area contributed by atoms with E-state index in [0.717, 1.165) is 22.3 Å².